The zero-order valence-electron chi connectivity index (χ0n) is 11.4. The van der Waals surface area contributed by atoms with Crippen molar-refractivity contribution in [2.45, 2.75) is 32.5 Å². The van der Waals surface area contributed by atoms with Crippen LogP contribution < -0.4 is 0 Å². The minimum Gasteiger partial charge on any atom is -0.463 e. The lowest BCUT2D eigenvalue weighted by Crippen LogP contribution is -2.29. The first-order valence-electron chi connectivity index (χ1n) is 6.41. The Bertz CT molecular complexity index is 486. The summed E-state index contributed by atoms with van der Waals surface area (Å²) in [6.07, 6.45) is 1.31. The largest absolute Gasteiger partial charge is 0.463 e. The van der Waals surface area contributed by atoms with Gasteiger partial charge in [0.05, 0.1) is 7.11 Å². The molecule has 19 heavy (non-hydrogen) atoms. The number of rotatable bonds is 4. The summed E-state index contributed by atoms with van der Waals surface area (Å²) in [5.74, 6) is -0.675. The number of carbonyl (C=O) groups excluding carboxylic acids is 1. The molecule has 0 aliphatic carbocycles. The van der Waals surface area contributed by atoms with Gasteiger partial charge in [0.25, 0.3) is 11.5 Å². The van der Waals surface area contributed by atoms with Crippen LogP contribution in [0.2, 0.25) is 0 Å². The van der Waals surface area contributed by atoms with Crippen LogP contribution in [0.1, 0.15) is 32.3 Å². The minimum atomic E-state index is -0.769. The maximum Gasteiger partial charge on any atom is 0.377 e. The SMILES string of the molecule is CCC1(CC)OC(C(=O)OC)=C(c2ccccc2)O1. The number of esters is 1. The standard InChI is InChI=1S/C15H18O4/c1-4-15(5-2)18-12(11-9-7-6-8-10-11)13(19-15)14(16)17-3/h6-10H,4-5H2,1-3H3. The molecule has 0 saturated carbocycles. The zero-order valence-corrected chi connectivity index (χ0v) is 11.4. The van der Waals surface area contributed by atoms with Gasteiger partial charge < -0.3 is 14.2 Å². The van der Waals surface area contributed by atoms with Gasteiger partial charge in [-0.05, 0) is 0 Å². The normalized spacial score (nSPS) is 16.8. The molecular weight excluding hydrogens is 244 g/mol. The molecule has 0 atom stereocenters. The highest BCUT2D eigenvalue weighted by molar-refractivity contribution is 5.94. The van der Waals surface area contributed by atoms with Crippen LogP contribution in [0.4, 0.5) is 0 Å². The van der Waals surface area contributed by atoms with E-state index in [9.17, 15) is 4.79 Å². The van der Waals surface area contributed by atoms with Crippen LogP contribution in [-0.4, -0.2) is 18.9 Å². The Hall–Kier alpha value is -1.97. The van der Waals surface area contributed by atoms with E-state index in [-0.39, 0.29) is 5.76 Å². The van der Waals surface area contributed by atoms with E-state index in [0.717, 1.165) is 5.56 Å². The highest BCUT2D eigenvalue weighted by atomic mass is 16.7. The molecular formula is C15H18O4. The first kappa shape index (κ1) is 13.5. The Morgan fingerprint density at radius 1 is 1.16 bits per heavy atom. The second-order valence-corrected chi connectivity index (χ2v) is 4.34. The molecule has 2 rings (SSSR count). The second-order valence-electron chi connectivity index (χ2n) is 4.34. The lowest BCUT2D eigenvalue weighted by Gasteiger charge is -2.25. The van der Waals surface area contributed by atoms with E-state index < -0.39 is 11.8 Å². The van der Waals surface area contributed by atoms with Crippen molar-refractivity contribution in [3.05, 3.63) is 41.7 Å². The van der Waals surface area contributed by atoms with Gasteiger partial charge in [-0.25, -0.2) is 4.79 Å². The smallest absolute Gasteiger partial charge is 0.377 e. The van der Waals surface area contributed by atoms with Crippen LogP contribution in [0.5, 0.6) is 0 Å². The Balaban J connectivity index is 2.43. The summed E-state index contributed by atoms with van der Waals surface area (Å²) < 4.78 is 16.4. The molecule has 1 aromatic carbocycles. The summed E-state index contributed by atoms with van der Waals surface area (Å²) in [7, 11) is 1.33. The van der Waals surface area contributed by atoms with Crippen LogP contribution in [-0.2, 0) is 19.0 Å². The summed E-state index contributed by atoms with van der Waals surface area (Å²) in [5.41, 5.74) is 0.812. The van der Waals surface area contributed by atoms with Crippen molar-refractivity contribution < 1.29 is 19.0 Å². The third-order valence-corrected chi connectivity index (χ3v) is 3.27. The Labute approximate surface area is 113 Å². The molecule has 1 aliphatic heterocycles. The average Bonchev–Trinajstić information content (AvgIpc) is 2.88. The molecule has 0 fully saturated rings. The number of carbonyl (C=O) groups is 1. The topological polar surface area (TPSA) is 44.8 Å². The fraction of sp³-hybridized carbons (Fsp3) is 0.400. The Kier molecular flexibility index (Phi) is 3.79. The quantitative estimate of drug-likeness (QED) is 0.782. The van der Waals surface area contributed by atoms with E-state index in [0.29, 0.717) is 18.6 Å². The number of benzene rings is 1. The second kappa shape index (κ2) is 5.34. The molecule has 0 spiro atoms. The monoisotopic (exact) mass is 262 g/mol. The first-order chi connectivity index (χ1) is 9.15. The summed E-state index contributed by atoms with van der Waals surface area (Å²) in [6.45, 7) is 3.93. The number of hydrogen-bond donors (Lipinski definition) is 0. The van der Waals surface area contributed by atoms with Crippen LogP contribution in [0.3, 0.4) is 0 Å². The molecule has 0 radical (unpaired) electrons. The highest BCUT2D eigenvalue weighted by Gasteiger charge is 2.43. The van der Waals surface area contributed by atoms with E-state index in [1.807, 2.05) is 44.2 Å². The lowest BCUT2D eigenvalue weighted by atomic mass is 10.1. The number of ether oxygens (including phenoxy) is 3. The van der Waals surface area contributed by atoms with E-state index >= 15 is 0 Å². The fourth-order valence-corrected chi connectivity index (χ4v) is 2.03. The maximum absolute atomic E-state index is 11.8. The maximum atomic E-state index is 11.8. The Morgan fingerprint density at radius 2 is 1.79 bits per heavy atom. The fourth-order valence-electron chi connectivity index (χ4n) is 2.03. The molecule has 0 amide bonds. The Morgan fingerprint density at radius 3 is 2.32 bits per heavy atom. The van der Waals surface area contributed by atoms with Gasteiger partial charge in [-0.2, -0.15) is 0 Å². The molecule has 4 heteroatoms. The van der Waals surface area contributed by atoms with Crippen LogP contribution in [0.15, 0.2) is 36.1 Å². The first-order valence-corrected chi connectivity index (χ1v) is 6.41. The van der Waals surface area contributed by atoms with Gasteiger partial charge in [-0.1, -0.05) is 44.2 Å². The molecule has 0 aromatic heterocycles. The van der Waals surface area contributed by atoms with E-state index in [4.69, 9.17) is 14.2 Å². The molecule has 4 nitrogen and oxygen atoms in total. The average molecular weight is 262 g/mol. The van der Waals surface area contributed by atoms with E-state index in [1.54, 1.807) is 0 Å². The number of methoxy groups -OCH3 is 1. The third kappa shape index (κ3) is 2.43. The van der Waals surface area contributed by atoms with Gasteiger partial charge >= 0.3 is 5.97 Å². The van der Waals surface area contributed by atoms with Gasteiger partial charge in [0, 0.05) is 18.4 Å². The minimum absolute atomic E-state index is 0.150. The summed E-state index contributed by atoms with van der Waals surface area (Å²) in [5, 5.41) is 0. The predicted octanol–water partition coefficient (Wildman–Crippen LogP) is 3.09. The molecule has 0 N–H and O–H groups in total. The molecule has 1 aromatic rings. The van der Waals surface area contributed by atoms with Crippen LogP contribution in [0, 0.1) is 0 Å². The van der Waals surface area contributed by atoms with Gasteiger partial charge in [-0.3, -0.25) is 0 Å². The van der Waals surface area contributed by atoms with E-state index in [1.165, 1.54) is 7.11 Å². The third-order valence-electron chi connectivity index (χ3n) is 3.27. The summed E-state index contributed by atoms with van der Waals surface area (Å²) >= 11 is 0. The number of hydrogen-bond acceptors (Lipinski definition) is 4. The van der Waals surface area contributed by atoms with Crippen molar-refractivity contribution in [3.8, 4) is 0 Å². The van der Waals surface area contributed by atoms with Gasteiger partial charge in [0.2, 0.25) is 0 Å². The van der Waals surface area contributed by atoms with Crippen molar-refractivity contribution in [3.63, 3.8) is 0 Å². The predicted molar refractivity (Wildman–Crippen MR) is 70.9 cm³/mol. The molecule has 102 valence electrons. The zero-order chi connectivity index (χ0) is 13.9. The molecule has 1 heterocycles. The van der Waals surface area contributed by atoms with Crippen molar-refractivity contribution >= 4 is 11.7 Å². The van der Waals surface area contributed by atoms with Crippen LogP contribution >= 0.6 is 0 Å². The molecule has 1 aliphatic rings. The van der Waals surface area contributed by atoms with Gasteiger partial charge in [-0.15, -0.1) is 0 Å². The summed E-state index contributed by atoms with van der Waals surface area (Å²) in [6, 6.07) is 9.44. The van der Waals surface area contributed by atoms with Crippen molar-refractivity contribution in [2.24, 2.45) is 0 Å². The van der Waals surface area contributed by atoms with Crippen molar-refractivity contribution in [2.75, 3.05) is 7.11 Å². The van der Waals surface area contributed by atoms with Gasteiger partial charge in [0.15, 0.2) is 5.76 Å². The van der Waals surface area contributed by atoms with Crippen molar-refractivity contribution in [1.29, 1.82) is 0 Å². The van der Waals surface area contributed by atoms with Crippen molar-refractivity contribution in [1.82, 2.24) is 0 Å². The van der Waals surface area contributed by atoms with Gasteiger partial charge in [0.1, 0.15) is 0 Å². The van der Waals surface area contributed by atoms with E-state index in [2.05, 4.69) is 0 Å². The lowest BCUT2D eigenvalue weighted by molar-refractivity contribution is -0.163. The highest BCUT2D eigenvalue weighted by Crippen LogP contribution is 2.40. The summed E-state index contributed by atoms with van der Waals surface area (Å²) in [4.78, 5) is 11.8. The van der Waals surface area contributed by atoms with Crippen LogP contribution in [0.25, 0.3) is 5.76 Å². The molecule has 0 unspecified atom stereocenters. The molecule has 0 saturated heterocycles. The molecule has 0 bridgehead atoms.